The van der Waals surface area contributed by atoms with Crippen molar-refractivity contribution in [2.24, 2.45) is 12.8 Å². The number of aryl methyl sites for hydroxylation is 3. The minimum atomic E-state index is -0.506. The average Bonchev–Trinajstić information content (AvgIpc) is 3.13. The van der Waals surface area contributed by atoms with Gasteiger partial charge in [-0.2, -0.15) is 5.10 Å². The standard InChI is InChI=1S/C23H28N8O/c1-14-4-6-16(31-10-8-29(2)9-11-31)12-18(14)26-23-25-13-15-5-7-17-20(22(24)32)28-30(3)21(17)19(15)27-23/h4,6,12-13H,5,7-11H2,1-3H3,(H2,24,32)(H,25,26,27). The Morgan fingerprint density at radius 1 is 1.12 bits per heavy atom. The van der Waals surface area contributed by atoms with E-state index >= 15 is 0 Å². The molecular weight excluding hydrogens is 404 g/mol. The lowest BCUT2D eigenvalue weighted by Gasteiger charge is -2.34. The number of fused-ring (bicyclic) bond motifs is 3. The SMILES string of the molecule is Cc1ccc(N2CCN(C)CC2)cc1Nc1ncc2c(n1)-c1c(c(C(N)=O)nn1C)CC2. The number of benzene rings is 1. The molecule has 166 valence electrons. The summed E-state index contributed by atoms with van der Waals surface area (Å²) in [5.41, 5.74) is 12.7. The lowest BCUT2D eigenvalue weighted by molar-refractivity contribution is 0.0994. The van der Waals surface area contributed by atoms with Crippen LogP contribution in [0.15, 0.2) is 24.4 Å². The van der Waals surface area contributed by atoms with Crippen molar-refractivity contribution in [3.05, 3.63) is 46.8 Å². The van der Waals surface area contributed by atoms with E-state index in [4.69, 9.17) is 10.7 Å². The number of rotatable bonds is 4. The number of carbonyl (C=O) groups is 1. The van der Waals surface area contributed by atoms with Gasteiger partial charge in [-0.15, -0.1) is 0 Å². The van der Waals surface area contributed by atoms with Crippen molar-refractivity contribution in [2.45, 2.75) is 19.8 Å². The topological polar surface area (TPSA) is 105 Å². The van der Waals surface area contributed by atoms with E-state index in [1.165, 1.54) is 5.69 Å². The molecule has 9 heteroatoms. The van der Waals surface area contributed by atoms with Crippen molar-refractivity contribution in [2.75, 3.05) is 43.4 Å². The Bertz CT molecular complexity index is 1190. The Labute approximate surface area is 187 Å². The van der Waals surface area contributed by atoms with Crippen LogP contribution in [-0.2, 0) is 19.9 Å². The zero-order valence-electron chi connectivity index (χ0n) is 18.7. The van der Waals surface area contributed by atoms with E-state index in [1.807, 2.05) is 13.2 Å². The smallest absolute Gasteiger partial charge is 0.269 e. The fourth-order valence-corrected chi connectivity index (χ4v) is 4.54. The second-order valence-corrected chi connectivity index (χ2v) is 8.65. The van der Waals surface area contributed by atoms with Gasteiger partial charge < -0.3 is 20.9 Å². The molecule has 3 heterocycles. The normalized spacial score (nSPS) is 15.9. The van der Waals surface area contributed by atoms with Gasteiger partial charge in [-0.05, 0) is 50.1 Å². The number of amides is 1. The first kappa shape index (κ1) is 20.4. The van der Waals surface area contributed by atoms with Crippen molar-refractivity contribution in [1.29, 1.82) is 0 Å². The molecule has 3 aromatic rings. The molecule has 2 aliphatic rings. The van der Waals surface area contributed by atoms with Crippen LogP contribution in [0.25, 0.3) is 11.4 Å². The van der Waals surface area contributed by atoms with E-state index in [0.29, 0.717) is 18.1 Å². The molecule has 9 nitrogen and oxygen atoms in total. The number of aromatic nitrogens is 4. The Kier molecular flexibility index (Phi) is 5.05. The molecule has 1 aliphatic carbocycles. The highest BCUT2D eigenvalue weighted by Gasteiger charge is 2.28. The predicted molar refractivity (Wildman–Crippen MR) is 124 cm³/mol. The van der Waals surface area contributed by atoms with Crippen LogP contribution in [0.3, 0.4) is 0 Å². The Morgan fingerprint density at radius 3 is 2.66 bits per heavy atom. The third-order valence-electron chi connectivity index (χ3n) is 6.45. The van der Waals surface area contributed by atoms with Gasteiger partial charge >= 0.3 is 0 Å². The first-order chi connectivity index (χ1) is 15.4. The molecule has 2 aromatic heterocycles. The average molecular weight is 433 g/mol. The van der Waals surface area contributed by atoms with Gasteiger partial charge in [0.15, 0.2) is 5.69 Å². The number of anilines is 3. The zero-order valence-corrected chi connectivity index (χ0v) is 18.7. The van der Waals surface area contributed by atoms with Crippen molar-refractivity contribution in [3.8, 4) is 11.4 Å². The van der Waals surface area contributed by atoms with E-state index in [9.17, 15) is 4.79 Å². The first-order valence-electron chi connectivity index (χ1n) is 10.9. The Balaban J connectivity index is 1.46. The minimum absolute atomic E-state index is 0.331. The lowest BCUT2D eigenvalue weighted by atomic mass is 9.93. The van der Waals surface area contributed by atoms with Crippen molar-refractivity contribution in [3.63, 3.8) is 0 Å². The third kappa shape index (κ3) is 3.58. The molecule has 1 saturated heterocycles. The highest BCUT2D eigenvalue weighted by Crippen LogP contribution is 2.34. The summed E-state index contributed by atoms with van der Waals surface area (Å²) in [5, 5.41) is 7.75. The number of likely N-dealkylation sites (N-methyl/N-ethyl adjacent to an activating group) is 1. The van der Waals surface area contributed by atoms with Crippen molar-refractivity contribution < 1.29 is 4.79 Å². The summed E-state index contributed by atoms with van der Waals surface area (Å²) in [4.78, 5) is 26.0. The fourth-order valence-electron chi connectivity index (χ4n) is 4.54. The lowest BCUT2D eigenvalue weighted by Crippen LogP contribution is -2.44. The van der Waals surface area contributed by atoms with Crippen molar-refractivity contribution in [1.82, 2.24) is 24.6 Å². The number of hydrogen-bond donors (Lipinski definition) is 2. The van der Waals surface area contributed by atoms with E-state index in [2.05, 4.69) is 57.4 Å². The van der Waals surface area contributed by atoms with E-state index < -0.39 is 5.91 Å². The molecule has 0 saturated carbocycles. The maximum absolute atomic E-state index is 11.8. The monoisotopic (exact) mass is 432 g/mol. The van der Waals surface area contributed by atoms with Crippen LogP contribution in [0.5, 0.6) is 0 Å². The molecule has 1 fully saturated rings. The fraction of sp³-hybridized carbons (Fsp3) is 0.391. The highest BCUT2D eigenvalue weighted by atomic mass is 16.1. The summed E-state index contributed by atoms with van der Waals surface area (Å²) >= 11 is 0. The van der Waals surface area contributed by atoms with Gasteiger partial charge in [-0.25, -0.2) is 9.97 Å². The second-order valence-electron chi connectivity index (χ2n) is 8.65. The molecule has 1 aromatic carbocycles. The van der Waals surface area contributed by atoms with Gasteiger partial charge in [0.2, 0.25) is 5.95 Å². The molecule has 1 amide bonds. The van der Waals surface area contributed by atoms with Crippen LogP contribution in [-0.4, -0.2) is 63.8 Å². The molecule has 5 rings (SSSR count). The number of nitrogens with two attached hydrogens (primary N) is 1. The predicted octanol–water partition coefficient (Wildman–Crippen LogP) is 1.88. The van der Waals surface area contributed by atoms with Crippen LogP contribution in [0.4, 0.5) is 17.3 Å². The van der Waals surface area contributed by atoms with E-state index in [0.717, 1.165) is 66.4 Å². The number of piperazine rings is 1. The van der Waals surface area contributed by atoms with Crippen LogP contribution in [0, 0.1) is 6.92 Å². The minimum Gasteiger partial charge on any atom is -0.369 e. The second kappa shape index (κ2) is 7.90. The van der Waals surface area contributed by atoms with Gasteiger partial charge in [0.1, 0.15) is 0 Å². The van der Waals surface area contributed by atoms with Crippen LogP contribution < -0.4 is 16.0 Å². The summed E-state index contributed by atoms with van der Waals surface area (Å²) in [6, 6.07) is 6.48. The highest BCUT2D eigenvalue weighted by molar-refractivity contribution is 5.94. The molecule has 0 radical (unpaired) electrons. The summed E-state index contributed by atoms with van der Waals surface area (Å²) in [7, 11) is 3.98. The maximum atomic E-state index is 11.8. The quantitative estimate of drug-likeness (QED) is 0.648. The molecule has 0 spiro atoms. The van der Waals surface area contributed by atoms with Crippen LogP contribution in [0.2, 0.25) is 0 Å². The van der Waals surface area contributed by atoms with Crippen LogP contribution >= 0.6 is 0 Å². The molecule has 1 aliphatic heterocycles. The number of hydrogen-bond acceptors (Lipinski definition) is 7. The maximum Gasteiger partial charge on any atom is 0.269 e. The number of nitrogens with zero attached hydrogens (tertiary/aromatic N) is 6. The Morgan fingerprint density at radius 2 is 1.91 bits per heavy atom. The summed E-state index contributed by atoms with van der Waals surface area (Å²) < 4.78 is 1.70. The zero-order chi connectivity index (χ0) is 22.4. The molecule has 0 unspecified atom stereocenters. The summed E-state index contributed by atoms with van der Waals surface area (Å²) in [5.74, 6) is 0.0195. The van der Waals surface area contributed by atoms with Gasteiger partial charge in [-0.1, -0.05) is 6.07 Å². The summed E-state index contributed by atoms with van der Waals surface area (Å²) in [6.45, 7) is 6.22. The first-order valence-corrected chi connectivity index (χ1v) is 10.9. The van der Waals surface area contributed by atoms with Gasteiger partial charge in [0.25, 0.3) is 5.91 Å². The Hall–Kier alpha value is -3.46. The molecular formula is C23H28N8O. The van der Waals surface area contributed by atoms with Crippen molar-refractivity contribution >= 4 is 23.2 Å². The summed E-state index contributed by atoms with van der Waals surface area (Å²) in [6.07, 6.45) is 3.33. The molecule has 3 N–H and O–H groups in total. The molecule has 32 heavy (non-hydrogen) atoms. The molecule has 0 bridgehead atoms. The number of nitrogens with one attached hydrogen (secondary N) is 1. The third-order valence-corrected chi connectivity index (χ3v) is 6.45. The van der Waals surface area contributed by atoms with Gasteiger partial charge in [0, 0.05) is 56.4 Å². The van der Waals surface area contributed by atoms with Crippen LogP contribution in [0.1, 0.15) is 27.2 Å². The number of carbonyl (C=O) groups excluding carboxylic acids is 1. The molecule has 0 atom stereocenters. The largest absolute Gasteiger partial charge is 0.369 e. The van der Waals surface area contributed by atoms with Gasteiger partial charge in [0.05, 0.1) is 11.4 Å². The van der Waals surface area contributed by atoms with E-state index in [1.54, 1.807) is 4.68 Å². The van der Waals surface area contributed by atoms with E-state index in [-0.39, 0.29) is 0 Å². The van der Waals surface area contributed by atoms with Gasteiger partial charge in [-0.3, -0.25) is 9.48 Å². The number of primary amides is 1.